The van der Waals surface area contributed by atoms with Crippen molar-refractivity contribution in [3.05, 3.63) is 66.4 Å². The lowest BCUT2D eigenvalue weighted by Gasteiger charge is -2.22. The van der Waals surface area contributed by atoms with Crippen LogP contribution in [0.15, 0.2) is 60.8 Å². The standard InChI is InChI=1S/C23H19NO/c1-14(2)9-15-10-18-7-8-24-23-19-12-16-5-3-4-6-17(16)13-20(19)25-21(11-15)22(18)23/h3-8,10-14H,9H2,1-2H3. The molecule has 1 aliphatic heterocycles. The van der Waals surface area contributed by atoms with Gasteiger partial charge in [0.1, 0.15) is 11.5 Å². The Morgan fingerprint density at radius 1 is 0.880 bits per heavy atom. The second kappa shape index (κ2) is 5.32. The van der Waals surface area contributed by atoms with E-state index in [1.165, 1.54) is 21.7 Å². The zero-order chi connectivity index (χ0) is 17.0. The van der Waals surface area contributed by atoms with Crippen molar-refractivity contribution in [3.63, 3.8) is 0 Å². The highest BCUT2D eigenvalue weighted by Crippen LogP contribution is 2.47. The monoisotopic (exact) mass is 325 g/mol. The zero-order valence-corrected chi connectivity index (χ0v) is 14.4. The molecule has 0 amide bonds. The molecule has 5 rings (SSSR count). The molecule has 0 unspecified atom stereocenters. The zero-order valence-electron chi connectivity index (χ0n) is 14.4. The molecule has 0 radical (unpaired) electrons. The van der Waals surface area contributed by atoms with Crippen molar-refractivity contribution in [1.82, 2.24) is 4.98 Å². The van der Waals surface area contributed by atoms with Crippen LogP contribution in [-0.4, -0.2) is 4.98 Å². The predicted molar refractivity (Wildman–Crippen MR) is 103 cm³/mol. The smallest absolute Gasteiger partial charge is 0.137 e. The highest BCUT2D eigenvalue weighted by Gasteiger charge is 2.22. The Balaban J connectivity index is 1.80. The summed E-state index contributed by atoms with van der Waals surface area (Å²) >= 11 is 0. The highest BCUT2D eigenvalue weighted by atomic mass is 16.5. The van der Waals surface area contributed by atoms with Crippen LogP contribution < -0.4 is 4.74 Å². The van der Waals surface area contributed by atoms with Gasteiger partial charge >= 0.3 is 0 Å². The summed E-state index contributed by atoms with van der Waals surface area (Å²) in [5, 5.41) is 4.73. The number of rotatable bonds is 2. The fourth-order valence-corrected chi connectivity index (χ4v) is 3.82. The van der Waals surface area contributed by atoms with Gasteiger partial charge in [-0.3, -0.25) is 4.98 Å². The molecule has 0 saturated carbocycles. The van der Waals surface area contributed by atoms with Crippen LogP contribution in [0.3, 0.4) is 0 Å². The van der Waals surface area contributed by atoms with E-state index >= 15 is 0 Å². The summed E-state index contributed by atoms with van der Waals surface area (Å²) in [6, 6.07) is 19.3. The molecule has 0 spiro atoms. The maximum Gasteiger partial charge on any atom is 0.137 e. The first-order valence-corrected chi connectivity index (χ1v) is 8.82. The molecule has 0 fully saturated rings. The van der Waals surface area contributed by atoms with E-state index in [-0.39, 0.29) is 0 Å². The second-order valence-corrected chi connectivity index (χ2v) is 7.25. The first-order valence-electron chi connectivity index (χ1n) is 8.82. The molecule has 4 aromatic rings. The van der Waals surface area contributed by atoms with Crippen molar-refractivity contribution in [2.75, 3.05) is 0 Å². The van der Waals surface area contributed by atoms with Crippen LogP contribution in [0.5, 0.6) is 11.5 Å². The summed E-state index contributed by atoms with van der Waals surface area (Å²) < 4.78 is 6.34. The van der Waals surface area contributed by atoms with Crippen molar-refractivity contribution >= 4 is 21.5 Å². The van der Waals surface area contributed by atoms with E-state index in [0.717, 1.165) is 34.6 Å². The van der Waals surface area contributed by atoms with Crippen LogP contribution in [0.4, 0.5) is 0 Å². The number of pyridine rings is 1. The Kier molecular flexibility index (Phi) is 3.08. The molecule has 0 bridgehead atoms. The topological polar surface area (TPSA) is 22.1 Å². The lowest BCUT2D eigenvalue weighted by atomic mass is 9.94. The third-order valence-electron chi connectivity index (χ3n) is 4.85. The van der Waals surface area contributed by atoms with Crippen molar-refractivity contribution in [2.24, 2.45) is 5.92 Å². The van der Waals surface area contributed by atoms with Crippen molar-refractivity contribution < 1.29 is 4.74 Å². The Labute approximate surface area is 147 Å². The van der Waals surface area contributed by atoms with Gasteiger partial charge in [-0.15, -0.1) is 0 Å². The third kappa shape index (κ3) is 2.29. The summed E-state index contributed by atoms with van der Waals surface area (Å²) in [7, 11) is 0. The molecular weight excluding hydrogens is 306 g/mol. The molecule has 1 aliphatic rings. The highest BCUT2D eigenvalue weighted by molar-refractivity contribution is 6.04. The molecule has 0 aliphatic carbocycles. The first kappa shape index (κ1) is 14.5. The fraction of sp³-hybridized carbons (Fsp3) is 0.174. The van der Waals surface area contributed by atoms with Gasteiger partial charge in [-0.05, 0) is 58.3 Å². The van der Waals surface area contributed by atoms with E-state index in [0.29, 0.717) is 5.92 Å². The summed E-state index contributed by atoms with van der Waals surface area (Å²) in [4.78, 5) is 4.70. The van der Waals surface area contributed by atoms with E-state index in [1.54, 1.807) is 0 Å². The quantitative estimate of drug-likeness (QED) is 0.377. The normalized spacial score (nSPS) is 12.4. The van der Waals surface area contributed by atoms with Gasteiger partial charge in [0, 0.05) is 11.8 Å². The van der Waals surface area contributed by atoms with Crippen LogP contribution in [0.25, 0.3) is 32.8 Å². The van der Waals surface area contributed by atoms with Crippen LogP contribution >= 0.6 is 0 Å². The third-order valence-corrected chi connectivity index (χ3v) is 4.85. The molecular formula is C23H19NO. The molecule has 0 atom stereocenters. The van der Waals surface area contributed by atoms with E-state index in [1.807, 2.05) is 6.20 Å². The summed E-state index contributed by atoms with van der Waals surface area (Å²) in [5.41, 5.74) is 3.42. The Bertz CT molecular complexity index is 1130. The van der Waals surface area contributed by atoms with Crippen molar-refractivity contribution in [1.29, 1.82) is 0 Å². The van der Waals surface area contributed by atoms with E-state index in [9.17, 15) is 0 Å². The fourth-order valence-electron chi connectivity index (χ4n) is 3.82. The van der Waals surface area contributed by atoms with Gasteiger partial charge in [0.2, 0.25) is 0 Å². The molecule has 2 heterocycles. The van der Waals surface area contributed by atoms with E-state index in [4.69, 9.17) is 9.72 Å². The van der Waals surface area contributed by atoms with Crippen LogP contribution in [0.2, 0.25) is 0 Å². The van der Waals surface area contributed by atoms with Crippen molar-refractivity contribution in [2.45, 2.75) is 20.3 Å². The summed E-state index contributed by atoms with van der Waals surface area (Å²) in [5.74, 6) is 2.44. The van der Waals surface area contributed by atoms with Gasteiger partial charge in [0.15, 0.2) is 0 Å². The van der Waals surface area contributed by atoms with Gasteiger partial charge in [0.25, 0.3) is 0 Å². The molecule has 2 heteroatoms. The Hall–Kier alpha value is -2.87. The van der Waals surface area contributed by atoms with Gasteiger partial charge < -0.3 is 4.74 Å². The average Bonchev–Trinajstić information content (AvgIpc) is 2.60. The maximum atomic E-state index is 6.34. The maximum absolute atomic E-state index is 6.34. The average molecular weight is 325 g/mol. The number of ether oxygens (including phenoxy) is 1. The lowest BCUT2D eigenvalue weighted by molar-refractivity contribution is 0.486. The van der Waals surface area contributed by atoms with Gasteiger partial charge in [-0.1, -0.05) is 44.2 Å². The molecule has 25 heavy (non-hydrogen) atoms. The number of hydrogen-bond acceptors (Lipinski definition) is 2. The van der Waals surface area contributed by atoms with Gasteiger partial charge in [-0.25, -0.2) is 0 Å². The van der Waals surface area contributed by atoms with Crippen LogP contribution in [0, 0.1) is 5.92 Å². The van der Waals surface area contributed by atoms with E-state index in [2.05, 4.69) is 68.4 Å². The second-order valence-electron chi connectivity index (χ2n) is 7.25. The predicted octanol–water partition coefficient (Wildman–Crippen LogP) is 6.36. The van der Waals surface area contributed by atoms with Gasteiger partial charge in [-0.2, -0.15) is 0 Å². The molecule has 0 saturated heterocycles. The van der Waals surface area contributed by atoms with Gasteiger partial charge in [0.05, 0.1) is 11.1 Å². The minimum Gasteiger partial charge on any atom is -0.456 e. The van der Waals surface area contributed by atoms with E-state index < -0.39 is 0 Å². The molecule has 1 aromatic heterocycles. The van der Waals surface area contributed by atoms with Crippen LogP contribution in [-0.2, 0) is 6.42 Å². The number of fused-ring (bicyclic) bond motifs is 3. The number of benzene rings is 3. The minimum absolute atomic E-state index is 0.616. The largest absolute Gasteiger partial charge is 0.456 e. The van der Waals surface area contributed by atoms with Crippen molar-refractivity contribution in [3.8, 4) is 22.8 Å². The molecule has 2 nitrogen and oxygen atoms in total. The number of aromatic nitrogens is 1. The SMILES string of the molecule is CC(C)Cc1cc2c3c(nccc3c1)-c1cc3ccccc3cc1O2. The lowest BCUT2D eigenvalue weighted by Crippen LogP contribution is -2.01. The number of hydrogen-bond donors (Lipinski definition) is 0. The molecule has 0 N–H and O–H groups in total. The molecule has 3 aromatic carbocycles. The molecule has 122 valence electrons. The minimum atomic E-state index is 0.616. The Morgan fingerprint density at radius 3 is 2.48 bits per heavy atom. The van der Waals surface area contributed by atoms with Crippen LogP contribution in [0.1, 0.15) is 19.4 Å². The summed E-state index contributed by atoms with van der Waals surface area (Å²) in [6.45, 7) is 4.49. The first-order chi connectivity index (χ1) is 12.2. The Morgan fingerprint density at radius 2 is 1.68 bits per heavy atom. The summed E-state index contributed by atoms with van der Waals surface area (Å²) in [6.07, 6.45) is 2.96. The number of nitrogens with zero attached hydrogens (tertiary/aromatic N) is 1.